The van der Waals surface area contributed by atoms with E-state index in [2.05, 4.69) is 10.4 Å². The number of halogens is 1. The number of amides is 1. The van der Waals surface area contributed by atoms with Crippen molar-refractivity contribution >= 4 is 17.5 Å². The Hall–Kier alpha value is -1.85. The third-order valence-corrected chi connectivity index (χ3v) is 2.75. The van der Waals surface area contributed by atoms with E-state index < -0.39 is 0 Å². The van der Waals surface area contributed by atoms with Crippen molar-refractivity contribution in [3.63, 3.8) is 0 Å². The van der Waals surface area contributed by atoms with Gasteiger partial charge >= 0.3 is 0 Å². The van der Waals surface area contributed by atoms with Gasteiger partial charge in [-0.3, -0.25) is 10.2 Å². The van der Waals surface area contributed by atoms with E-state index in [0.717, 1.165) is 11.4 Å². The number of benzene rings is 1. The molecule has 1 aromatic heterocycles. The minimum absolute atomic E-state index is 0.202. The Bertz CT molecular complexity index is 553. The molecule has 0 atom stereocenters. The average Bonchev–Trinajstić information content (AvgIpc) is 2.84. The number of nitrogens with one attached hydrogen (secondary N) is 1. The van der Waals surface area contributed by atoms with Gasteiger partial charge in [0, 0.05) is 23.3 Å². The molecule has 0 unspecified atom stereocenters. The Labute approximate surface area is 110 Å². The summed E-state index contributed by atoms with van der Waals surface area (Å²) in [7, 11) is 0. The number of aryl methyl sites for hydroxylation is 1. The number of hydrazine groups is 1. The van der Waals surface area contributed by atoms with E-state index in [4.69, 9.17) is 17.4 Å². The van der Waals surface area contributed by atoms with Gasteiger partial charge < -0.3 is 4.57 Å². The first kappa shape index (κ1) is 12.6. The van der Waals surface area contributed by atoms with Crippen LogP contribution >= 0.6 is 11.6 Å². The fourth-order valence-corrected chi connectivity index (χ4v) is 1.77. The highest BCUT2D eigenvalue weighted by Crippen LogP contribution is 2.15. The molecule has 1 aromatic carbocycles. The molecule has 2 aromatic rings. The maximum absolute atomic E-state index is 11.0. The zero-order valence-corrected chi connectivity index (χ0v) is 10.4. The van der Waals surface area contributed by atoms with Crippen molar-refractivity contribution in [1.82, 2.24) is 15.0 Å². The van der Waals surface area contributed by atoms with Crippen LogP contribution in [0.25, 0.3) is 5.69 Å². The number of nitrogens with two attached hydrogens (primary N) is 1. The van der Waals surface area contributed by atoms with E-state index in [1.165, 1.54) is 0 Å². The van der Waals surface area contributed by atoms with Gasteiger partial charge in [0.15, 0.2) is 0 Å². The third-order valence-electron chi connectivity index (χ3n) is 2.51. The summed E-state index contributed by atoms with van der Waals surface area (Å²) < 4.78 is 1.86. The fourth-order valence-electron chi connectivity index (χ4n) is 1.58. The van der Waals surface area contributed by atoms with Crippen LogP contribution in [-0.4, -0.2) is 15.5 Å². The molecule has 0 aliphatic rings. The van der Waals surface area contributed by atoms with E-state index in [0.29, 0.717) is 17.9 Å². The number of carbonyl (C=O) groups is 1. The molecule has 2 rings (SSSR count). The van der Waals surface area contributed by atoms with Gasteiger partial charge in [0.25, 0.3) is 0 Å². The summed E-state index contributed by atoms with van der Waals surface area (Å²) >= 11 is 5.92. The van der Waals surface area contributed by atoms with E-state index in [1.807, 2.05) is 35.0 Å². The van der Waals surface area contributed by atoms with Gasteiger partial charge in [-0.1, -0.05) is 17.7 Å². The van der Waals surface area contributed by atoms with E-state index in [1.54, 1.807) is 6.33 Å². The first-order valence-electron chi connectivity index (χ1n) is 5.47. The van der Waals surface area contributed by atoms with Crippen LogP contribution in [0.3, 0.4) is 0 Å². The maximum Gasteiger partial charge on any atom is 0.234 e. The van der Waals surface area contributed by atoms with Crippen LogP contribution in [0, 0.1) is 0 Å². The summed E-state index contributed by atoms with van der Waals surface area (Å²) in [5.74, 6) is 4.81. The second kappa shape index (κ2) is 5.66. The van der Waals surface area contributed by atoms with Crippen molar-refractivity contribution in [3.05, 3.63) is 47.5 Å². The lowest BCUT2D eigenvalue weighted by molar-refractivity contribution is -0.121. The first-order chi connectivity index (χ1) is 8.69. The zero-order valence-electron chi connectivity index (χ0n) is 9.64. The molecule has 3 N–H and O–H groups in total. The quantitative estimate of drug-likeness (QED) is 0.499. The highest BCUT2D eigenvalue weighted by atomic mass is 35.5. The van der Waals surface area contributed by atoms with Crippen molar-refractivity contribution in [1.29, 1.82) is 0 Å². The Morgan fingerprint density at radius 3 is 3.06 bits per heavy atom. The minimum atomic E-state index is -0.202. The number of aromatic nitrogens is 2. The molecule has 0 aliphatic carbocycles. The zero-order chi connectivity index (χ0) is 13.0. The van der Waals surface area contributed by atoms with Crippen LogP contribution < -0.4 is 11.3 Å². The predicted molar refractivity (Wildman–Crippen MR) is 69.2 cm³/mol. The number of hydrogen-bond acceptors (Lipinski definition) is 3. The number of carbonyl (C=O) groups excluding carboxylic acids is 1. The van der Waals surface area contributed by atoms with Crippen molar-refractivity contribution in [2.24, 2.45) is 5.84 Å². The second-order valence-corrected chi connectivity index (χ2v) is 4.26. The Kier molecular flexibility index (Phi) is 3.96. The van der Waals surface area contributed by atoms with Crippen LogP contribution in [0.15, 0.2) is 36.8 Å². The average molecular weight is 265 g/mol. The van der Waals surface area contributed by atoms with Crippen LogP contribution in [0.1, 0.15) is 12.1 Å². The van der Waals surface area contributed by atoms with Crippen LogP contribution in [0.5, 0.6) is 0 Å². The third kappa shape index (κ3) is 3.09. The molecule has 0 fully saturated rings. The number of rotatable bonds is 4. The molecule has 0 saturated carbocycles. The molecule has 1 amide bonds. The van der Waals surface area contributed by atoms with E-state index in [-0.39, 0.29) is 5.91 Å². The number of nitrogens with zero attached hydrogens (tertiary/aromatic N) is 2. The van der Waals surface area contributed by atoms with Gasteiger partial charge in [-0.05, 0) is 24.6 Å². The van der Waals surface area contributed by atoms with Crippen molar-refractivity contribution in [2.45, 2.75) is 12.8 Å². The molecule has 18 heavy (non-hydrogen) atoms. The number of hydrogen-bond donors (Lipinski definition) is 2. The Morgan fingerprint density at radius 2 is 2.33 bits per heavy atom. The smallest absolute Gasteiger partial charge is 0.234 e. The minimum Gasteiger partial charge on any atom is -0.306 e. The van der Waals surface area contributed by atoms with Gasteiger partial charge in [-0.25, -0.2) is 10.8 Å². The van der Waals surface area contributed by atoms with Gasteiger partial charge in [-0.15, -0.1) is 0 Å². The SMILES string of the molecule is NNC(=O)CCc1cn(-c2cccc(Cl)c2)cn1. The molecule has 0 saturated heterocycles. The summed E-state index contributed by atoms with van der Waals surface area (Å²) in [6.45, 7) is 0. The molecule has 5 nitrogen and oxygen atoms in total. The normalized spacial score (nSPS) is 10.3. The van der Waals surface area contributed by atoms with Crippen molar-refractivity contribution in [3.8, 4) is 5.69 Å². The molecule has 0 spiro atoms. The van der Waals surface area contributed by atoms with Crippen molar-refractivity contribution < 1.29 is 4.79 Å². The Morgan fingerprint density at radius 1 is 1.50 bits per heavy atom. The topological polar surface area (TPSA) is 72.9 Å². The molecular formula is C12H13ClN4O. The number of imidazole rings is 1. The molecule has 6 heteroatoms. The standard InChI is InChI=1S/C12H13ClN4O/c13-9-2-1-3-11(6-9)17-7-10(15-8-17)4-5-12(18)16-14/h1-3,6-8H,4-5,14H2,(H,16,18). The van der Waals surface area contributed by atoms with E-state index >= 15 is 0 Å². The lowest BCUT2D eigenvalue weighted by Gasteiger charge is -2.01. The molecule has 1 heterocycles. The van der Waals surface area contributed by atoms with Gasteiger partial charge in [0.1, 0.15) is 0 Å². The lowest BCUT2D eigenvalue weighted by Crippen LogP contribution is -2.30. The fraction of sp³-hybridized carbons (Fsp3) is 0.167. The summed E-state index contributed by atoms with van der Waals surface area (Å²) in [4.78, 5) is 15.2. The molecule has 94 valence electrons. The van der Waals surface area contributed by atoms with E-state index in [9.17, 15) is 4.79 Å². The van der Waals surface area contributed by atoms with Crippen LogP contribution in [-0.2, 0) is 11.2 Å². The van der Waals surface area contributed by atoms with Crippen LogP contribution in [0.2, 0.25) is 5.02 Å². The van der Waals surface area contributed by atoms with Crippen LogP contribution in [0.4, 0.5) is 0 Å². The lowest BCUT2D eigenvalue weighted by atomic mass is 10.2. The van der Waals surface area contributed by atoms with Crippen molar-refractivity contribution in [2.75, 3.05) is 0 Å². The highest BCUT2D eigenvalue weighted by Gasteiger charge is 2.04. The monoisotopic (exact) mass is 264 g/mol. The molecule has 0 aliphatic heterocycles. The molecule has 0 bridgehead atoms. The second-order valence-electron chi connectivity index (χ2n) is 3.82. The first-order valence-corrected chi connectivity index (χ1v) is 5.85. The largest absolute Gasteiger partial charge is 0.306 e. The summed E-state index contributed by atoms with van der Waals surface area (Å²) in [5.41, 5.74) is 3.86. The summed E-state index contributed by atoms with van der Waals surface area (Å²) in [6.07, 6.45) is 4.44. The predicted octanol–water partition coefficient (Wildman–Crippen LogP) is 1.45. The Balaban J connectivity index is 2.08. The highest BCUT2D eigenvalue weighted by molar-refractivity contribution is 6.30. The van der Waals surface area contributed by atoms with Gasteiger partial charge in [0.05, 0.1) is 12.0 Å². The van der Waals surface area contributed by atoms with Gasteiger partial charge in [0.2, 0.25) is 5.91 Å². The maximum atomic E-state index is 11.0. The summed E-state index contributed by atoms with van der Waals surface area (Å²) in [5, 5.41) is 0.672. The molecular weight excluding hydrogens is 252 g/mol. The van der Waals surface area contributed by atoms with Gasteiger partial charge in [-0.2, -0.15) is 0 Å². The summed E-state index contributed by atoms with van der Waals surface area (Å²) in [6, 6.07) is 7.47. The molecule has 0 radical (unpaired) electrons.